The first-order chi connectivity index (χ1) is 18.7. The third kappa shape index (κ3) is 6.44. The third-order valence-corrected chi connectivity index (χ3v) is 7.67. The third-order valence-electron chi connectivity index (χ3n) is 7.67. The van der Waals surface area contributed by atoms with E-state index in [1.54, 1.807) is 0 Å². The first kappa shape index (κ1) is 28.2. The van der Waals surface area contributed by atoms with Gasteiger partial charge in [-0.2, -0.15) is 0 Å². The normalized spacial score (nSPS) is 21.3. The molecule has 39 heavy (non-hydrogen) atoms. The minimum Gasteiger partial charge on any atom is -0.466 e. The van der Waals surface area contributed by atoms with Crippen molar-refractivity contribution in [1.29, 1.82) is 0 Å². The largest absolute Gasteiger partial charge is 0.466 e. The Morgan fingerprint density at radius 2 is 1.69 bits per heavy atom. The van der Waals surface area contributed by atoms with Crippen molar-refractivity contribution < 1.29 is 27.9 Å². The van der Waals surface area contributed by atoms with Crippen molar-refractivity contribution >= 4 is 23.6 Å². The Bertz CT molecular complexity index is 1250. The molecule has 0 radical (unpaired) electrons. The first-order valence-electron chi connectivity index (χ1n) is 13.1. The summed E-state index contributed by atoms with van der Waals surface area (Å²) in [5.74, 6) is -3.06. The maximum absolute atomic E-state index is 14.2. The molecule has 10 heteroatoms. The van der Waals surface area contributed by atoms with Gasteiger partial charge in [-0.25, -0.2) is 18.4 Å². The molecule has 0 spiro atoms. The number of hydrogen-bond acceptors (Lipinski definition) is 5. The highest BCUT2D eigenvalue weighted by molar-refractivity contribution is 6.09. The number of esters is 1. The molecule has 0 bridgehead atoms. The van der Waals surface area contributed by atoms with E-state index in [1.165, 1.54) is 30.6 Å². The van der Waals surface area contributed by atoms with Crippen LogP contribution in [0.25, 0.3) is 0 Å². The maximum atomic E-state index is 14.2. The second-order valence-corrected chi connectivity index (χ2v) is 10.0. The Hall–Kier alpha value is -3.79. The maximum Gasteiger partial charge on any atom is 0.338 e. The number of carbonyl (C=O) groups is 3. The lowest BCUT2D eigenvalue weighted by molar-refractivity contribution is -0.137. The van der Waals surface area contributed by atoms with Crippen LogP contribution >= 0.6 is 0 Å². The Morgan fingerprint density at radius 3 is 2.33 bits per heavy atom. The van der Waals surface area contributed by atoms with Crippen LogP contribution in [0, 0.1) is 11.6 Å². The van der Waals surface area contributed by atoms with E-state index in [0.717, 1.165) is 37.8 Å². The van der Waals surface area contributed by atoms with Crippen LogP contribution < -0.4 is 15.5 Å². The average Bonchev–Trinajstić information content (AvgIpc) is 2.94. The van der Waals surface area contributed by atoms with Crippen molar-refractivity contribution in [2.45, 2.75) is 50.6 Å². The minimum absolute atomic E-state index is 0.0535. The number of amides is 3. The standard InChI is InChI=1S/C29H34F2N4O4/c1-18-25(28(37)39-3)26(33-29(38)32-18)27(36)35(22-13-14-23(30)24(31)17-22)16-15-34(2)21-11-9-20(10-12-21)19-7-5-4-6-8-19/h4-8,13-14,17,20-21,26H,9-12,15-16H2,1-3H3,(H2,32,33,38). The number of methoxy groups -OCH3 is 1. The molecule has 1 aliphatic carbocycles. The lowest BCUT2D eigenvalue weighted by Crippen LogP contribution is -2.58. The van der Waals surface area contributed by atoms with Crippen molar-refractivity contribution in [3.8, 4) is 0 Å². The van der Waals surface area contributed by atoms with Crippen molar-refractivity contribution in [1.82, 2.24) is 15.5 Å². The second-order valence-electron chi connectivity index (χ2n) is 10.0. The van der Waals surface area contributed by atoms with Gasteiger partial charge in [0.05, 0.1) is 12.7 Å². The van der Waals surface area contributed by atoms with Crippen LogP contribution in [-0.2, 0) is 14.3 Å². The molecule has 2 aromatic carbocycles. The molecule has 3 amide bonds. The van der Waals surface area contributed by atoms with E-state index in [1.807, 2.05) is 13.1 Å². The predicted octanol–water partition coefficient (Wildman–Crippen LogP) is 4.08. The van der Waals surface area contributed by atoms with Gasteiger partial charge in [-0.3, -0.25) is 4.79 Å². The number of halogens is 2. The fraction of sp³-hybridized carbons (Fsp3) is 0.414. The van der Waals surface area contributed by atoms with E-state index in [4.69, 9.17) is 4.74 Å². The summed E-state index contributed by atoms with van der Waals surface area (Å²) in [6.07, 6.45) is 4.10. The second kappa shape index (κ2) is 12.4. The van der Waals surface area contributed by atoms with Gasteiger partial charge in [0.25, 0.3) is 5.91 Å². The summed E-state index contributed by atoms with van der Waals surface area (Å²) >= 11 is 0. The zero-order valence-electron chi connectivity index (χ0n) is 22.4. The number of ether oxygens (including phenoxy) is 1. The van der Waals surface area contributed by atoms with Crippen LogP contribution in [0.3, 0.4) is 0 Å². The molecule has 0 saturated heterocycles. The topological polar surface area (TPSA) is 91.0 Å². The van der Waals surface area contributed by atoms with E-state index < -0.39 is 35.6 Å². The number of nitrogens with zero attached hydrogens (tertiary/aromatic N) is 2. The number of urea groups is 1. The van der Waals surface area contributed by atoms with Gasteiger partial charge >= 0.3 is 12.0 Å². The summed E-state index contributed by atoms with van der Waals surface area (Å²) < 4.78 is 32.8. The Kier molecular flexibility index (Phi) is 8.96. The van der Waals surface area contributed by atoms with Crippen LogP contribution in [0.5, 0.6) is 0 Å². The number of carbonyl (C=O) groups excluding carboxylic acids is 3. The number of likely N-dealkylation sites (N-methyl/N-ethyl adjacent to an activating group) is 1. The van der Waals surface area contributed by atoms with Crippen LogP contribution in [0.4, 0.5) is 19.3 Å². The molecular formula is C29H34F2N4O4. The van der Waals surface area contributed by atoms with Crippen molar-refractivity contribution in [3.05, 3.63) is 77.0 Å². The van der Waals surface area contributed by atoms with Crippen molar-refractivity contribution in [3.63, 3.8) is 0 Å². The van der Waals surface area contributed by atoms with E-state index in [9.17, 15) is 23.2 Å². The minimum atomic E-state index is -1.36. The first-order valence-corrected chi connectivity index (χ1v) is 13.1. The highest BCUT2D eigenvalue weighted by Gasteiger charge is 2.39. The smallest absolute Gasteiger partial charge is 0.338 e. The molecule has 1 heterocycles. The number of benzene rings is 2. The molecule has 1 fully saturated rings. The van der Waals surface area contributed by atoms with Gasteiger partial charge in [-0.15, -0.1) is 0 Å². The van der Waals surface area contributed by atoms with Gasteiger partial charge in [-0.1, -0.05) is 30.3 Å². The van der Waals surface area contributed by atoms with Gasteiger partial charge in [0, 0.05) is 36.6 Å². The summed E-state index contributed by atoms with van der Waals surface area (Å²) in [5.41, 5.74) is 1.60. The van der Waals surface area contributed by atoms with E-state index in [2.05, 4.69) is 39.8 Å². The monoisotopic (exact) mass is 540 g/mol. The molecule has 208 valence electrons. The van der Waals surface area contributed by atoms with Crippen LogP contribution in [0.2, 0.25) is 0 Å². The average molecular weight is 541 g/mol. The molecule has 2 aliphatic rings. The fourth-order valence-electron chi connectivity index (χ4n) is 5.45. The number of hydrogen-bond donors (Lipinski definition) is 2. The lowest BCUT2D eigenvalue weighted by atomic mass is 9.81. The van der Waals surface area contributed by atoms with Gasteiger partial charge in [-0.05, 0) is 63.3 Å². The molecule has 1 saturated carbocycles. The molecule has 2 N–H and O–H groups in total. The zero-order chi connectivity index (χ0) is 28.1. The van der Waals surface area contributed by atoms with Crippen LogP contribution in [-0.4, -0.2) is 62.1 Å². The quantitative estimate of drug-likeness (QED) is 0.493. The Balaban J connectivity index is 1.51. The van der Waals surface area contributed by atoms with Crippen LogP contribution in [0.1, 0.15) is 44.1 Å². The summed E-state index contributed by atoms with van der Waals surface area (Å²) in [6.45, 7) is 2.07. The lowest BCUT2D eigenvalue weighted by Gasteiger charge is -2.37. The Morgan fingerprint density at radius 1 is 1.00 bits per heavy atom. The van der Waals surface area contributed by atoms with Crippen molar-refractivity contribution in [2.75, 3.05) is 32.1 Å². The molecule has 2 aromatic rings. The van der Waals surface area contributed by atoms with Gasteiger partial charge in [0.1, 0.15) is 6.04 Å². The number of nitrogens with one attached hydrogen (secondary N) is 2. The van der Waals surface area contributed by atoms with E-state index in [-0.39, 0.29) is 23.5 Å². The summed E-state index contributed by atoms with van der Waals surface area (Å²) in [5, 5.41) is 4.95. The van der Waals surface area contributed by atoms with Crippen molar-refractivity contribution in [2.24, 2.45) is 0 Å². The van der Waals surface area contributed by atoms with E-state index in [0.29, 0.717) is 18.5 Å². The molecule has 0 aromatic heterocycles. The molecular weight excluding hydrogens is 506 g/mol. The number of rotatable bonds is 8. The SMILES string of the molecule is COC(=O)C1=C(C)NC(=O)NC1C(=O)N(CCN(C)C1CCC(c2ccccc2)CC1)c1ccc(F)c(F)c1. The molecule has 1 aliphatic heterocycles. The molecule has 4 rings (SSSR count). The predicted molar refractivity (Wildman–Crippen MR) is 143 cm³/mol. The highest BCUT2D eigenvalue weighted by Crippen LogP contribution is 2.34. The zero-order valence-corrected chi connectivity index (χ0v) is 22.4. The molecule has 8 nitrogen and oxygen atoms in total. The van der Waals surface area contributed by atoms with E-state index >= 15 is 0 Å². The summed E-state index contributed by atoms with van der Waals surface area (Å²) in [7, 11) is 3.16. The summed E-state index contributed by atoms with van der Waals surface area (Å²) in [4.78, 5) is 42.0. The number of allylic oxidation sites excluding steroid dienone is 1. The molecule has 1 unspecified atom stereocenters. The number of anilines is 1. The van der Waals surface area contributed by atoms with Gasteiger partial charge in [0.2, 0.25) is 0 Å². The molecule has 1 atom stereocenters. The fourth-order valence-corrected chi connectivity index (χ4v) is 5.45. The Labute approximate surface area is 227 Å². The van der Waals surface area contributed by atoms with Crippen LogP contribution in [0.15, 0.2) is 59.8 Å². The highest BCUT2D eigenvalue weighted by atomic mass is 19.2. The van der Waals surface area contributed by atoms with Gasteiger partial charge in [0.15, 0.2) is 11.6 Å². The van der Waals surface area contributed by atoms with Gasteiger partial charge < -0.3 is 25.2 Å². The summed E-state index contributed by atoms with van der Waals surface area (Å²) in [6, 6.07) is 12.0.